The maximum atomic E-state index is 12.3. The van der Waals surface area contributed by atoms with Crippen LogP contribution in [0.3, 0.4) is 0 Å². The molecule has 102 valence electrons. The Morgan fingerprint density at radius 1 is 1.30 bits per heavy atom. The Hall–Kier alpha value is -2.89. The lowest BCUT2D eigenvalue weighted by Gasteiger charge is -2.17. The van der Waals surface area contributed by atoms with Crippen molar-refractivity contribution in [2.75, 3.05) is 11.9 Å². The molecule has 20 heavy (non-hydrogen) atoms. The molecular formula is C14H14N4O2. The third kappa shape index (κ3) is 2.74. The molecule has 1 aromatic carbocycles. The van der Waals surface area contributed by atoms with Gasteiger partial charge in [-0.15, -0.1) is 0 Å². The zero-order chi connectivity index (χ0) is 14.5. The number of amidine groups is 1. The van der Waals surface area contributed by atoms with Crippen LogP contribution < -0.4 is 10.6 Å². The van der Waals surface area contributed by atoms with Gasteiger partial charge in [0, 0.05) is 30.7 Å². The minimum Gasteiger partial charge on any atom is -0.409 e. The first-order valence-corrected chi connectivity index (χ1v) is 5.89. The summed E-state index contributed by atoms with van der Waals surface area (Å²) >= 11 is 0. The highest BCUT2D eigenvalue weighted by Gasteiger charge is 2.14. The highest BCUT2D eigenvalue weighted by molar-refractivity contribution is 6.06. The van der Waals surface area contributed by atoms with E-state index in [2.05, 4.69) is 10.1 Å². The van der Waals surface area contributed by atoms with Crippen molar-refractivity contribution in [1.82, 2.24) is 4.98 Å². The molecular weight excluding hydrogens is 256 g/mol. The molecule has 0 atom stereocenters. The molecule has 1 heterocycles. The largest absolute Gasteiger partial charge is 0.409 e. The molecule has 0 aliphatic rings. The molecule has 0 saturated carbocycles. The number of pyridine rings is 1. The van der Waals surface area contributed by atoms with Gasteiger partial charge in [0.15, 0.2) is 5.84 Å². The third-order valence-electron chi connectivity index (χ3n) is 2.85. The molecule has 0 aliphatic carbocycles. The standard InChI is InChI=1S/C14H14N4O2/c1-18(14(19)11-5-3-7-16-9-11)12-6-2-4-10(8-12)13(15)17-20/h2-9,20H,1H3,(H2,15,17). The van der Waals surface area contributed by atoms with Crippen LogP contribution in [0.4, 0.5) is 5.69 Å². The van der Waals surface area contributed by atoms with Gasteiger partial charge in [-0.2, -0.15) is 0 Å². The van der Waals surface area contributed by atoms with Crippen molar-refractivity contribution in [1.29, 1.82) is 0 Å². The molecule has 2 aromatic rings. The van der Waals surface area contributed by atoms with Gasteiger partial charge in [0.1, 0.15) is 0 Å². The van der Waals surface area contributed by atoms with Gasteiger partial charge in [-0.25, -0.2) is 0 Å². The van der Waals surface area contributed by atoms with Crippen LogP contribution in [-0.4, -0.2) is 29.0 Å². The van der Waals surface area contributed by atoms with E-state index >= 15 is 0 Å². The maximum absolute atomic E-state index is 12.3. The Bertz CT molecular complexity index is 641. The van der Waals surface area contributed by atoms with Crippen LogP contribution in [0.2, 0.25) is 0 Å². The molecule has 0 spiro atoms. The molecule has 0 bridgehead atoms. The molecule has 0 radical (unpaired) electrons. The van der Waals surface area contributed by atoms with Crippen LogP contribution in [0.15, 0.2) is 53.9 Å². The van der Waals surface area contributed by atoms with Gasteiger partial charge < -0.3 is 15.8 Å². The second kappa shape index (κ2) is 5.83. The number of hydrogen-bond donors (Lipinski definition) is 2. The number of nitrogens with zero attached hydrogens (tertiary/aromatic N) is 3. The average molecular weight is 270 g/mol. The fourth-order valence-corrected chi connectivity index (χ4v) is 1.73. The van der Waals surface area contributed by atoms with E-state index in [1.165, 1.54) is 11.1 Å². The van der Waals surface area contributed by atoms with Gasteiger partial charge in [0.05, 0.1) is 5.56 Å². The first kappa shape index (κ1) is 13.5. The Balaban J connectivity index is 2.30. The van der Waals surface area contributed by atoms with Crippen LogP contribution >= 0.6 is 0 Å². The summed E-state index contributed by atoms with van der Waals surface area (Å²) in [6.07, 6.45) is 3.11. The molecule has 0 unspecified atom stereocenters. The summed E-state index contributed by atoms with van der Waals surface area (Å²) < 4.78 is 0. The second-order valence-corrected chi connectivity index (χ2v) is 4.14. The zero-order valence-electron chi connectivity index (χ0n) is 10.9. The third-order valence-corrected chi connectivity index (χ3v) is 2.85. The number of amides is 1. The number of oxime groups is 1. The number of rotatable bonds is 3. The van der Waals surface area contributed by atoms with Crippen molar-refractivity contribution < 1.29 is 10.0 Å². The summed E-state index contributed by atoms with van der Waals surface area (Å²) in [6.45, 7) is 0. The van der Waals surface area contributed by atoms with Gasteiger partial charge >= 0.3 is 0 Å². The lowest BCUT2D eigenvalue weighted by molar-refractivity contribution is 0.0992. The highest BCUT2D eigenvalue weighted by Crippen LogP contribution is 2.17. The number of anilines is 1. The Kier molecular flexibility index (Phi) is 3.95. The predicted molar refractivity (Wildman–Crippen MR) is 75.9 cm³/mol. The van der Waals surface area contributed by atoms with Gasteiger partial charge in [0.2, 0.25) is 0 Å². The van der Waals surface area contributed by atoms with Crippen molar-refractivity contribution in [2.24, 2.45) is 10.9 Å². The monoisotopic (exact) mass is 270 g/mol. The highest BCUT2D eigenvalue weighted by atomic mass is 16.4. The van der Waals surface area contributed by atoms with E-state index in [9.17, 15) is 4.79 Å². The SMILES string of the molecule is CN(C(=O)c1cccnc1)c1cccc(C(N)=NO)c1. The summed E-state index contributed by atoms with van der Waals surface area (Å²) in [5.74, 6) is -0.191. The molecule has 0 aliphatic heterocycles. The number of carbonyl (C=O) groups excluding carboxylic acids is 1. The van der Waals surface area contributed by atoms with Gasteiger partial charge in [-0.3, -0.25) is 9.78 Å². The fourth-order valence-electron chi connectivity index (χ4n) is 1.73. The number of hydrogen-bond acceptors (Lipinski definition) is 4. The lowest BCUT2D eigenvalue weighted by Crippen LogP contribution is -2.26. The van der Waals surface area contributed by atoms with E-state index in [1.54, 1.807) is 49.6 Å². The van der Waals surface area contributed by atoms with Gasteiger partial charge in [-0.1, -0.05) is 17.3 Å². The van der Waals surface area contributed by atoms with E-state index in [4.69, 9.17) is 10.9 Å². The number of carbonyl (C=O) groups is 1. The molecule has 3 N–H and O–H groups in total. The normalized spacial score (nSPS) is 11.2. The van der Waals surface area contributed by atoms with E-state index in [0.29, 0.717) is 16.8 Å². The molecule has 1 aromatic heterocycles. The molecule has 1 amide bonds. The Labute approximate surface area is 116 Å². The topological polar surface area (TPSA) is 91.8 Å². The lowest BCUT2D eigenvalue weighted by atomic mass is 10.1. The van der Waals surface area contributed by atoms with Crippen LogP contribution in [0.25, 0.3) is 0 Å². The van der Waals surface area contributed by atoms with E-state index < -0.39 is 0 Å². The fraction of sp³-hybridized carbons (Fsp3) is 0.0714. The molecule has 0 fully saturated rings. The summed E-state index contributed by atoms with van der Waals surface area (Å²) in [5, 5.41) is 11.6. The zero-order valence-corrected chi connectivity index (χ0v) is 10.9. The van der Waals surface area contributed by atoms with E-state index in [1.807, 2.05) is 0 Å². The quantitative estimate of drug-likeness (QED) is 0.382. The van der Waals surface area contributed by atoms with E-state index in [0.717, 1.165) is 0 Å². The minimum absolute atomic E-state index is 0.00548. The smallest absolute Gasteiger partial charge is 0.259 e. The van der Waals surface area contributed by atoms with Gasteiger partial charge in [-0.05, 0) is 24.3 Å². The van der Waals surface area contributed by atoms with Crippen LogP contribution in [0, 0.1) is 0 Å². The van der Waals surface area contributed by atoms with E-state index in [-0.39, 0.29) is 11.7 Å². The maximum Gasteiger partial charge on any atom is 0.259 e. The summed E-state index contributed by atoms with van der Waals surface area (Å²) in [4.78, 5) is 17.7. The average Bonchev–Trinajstić information content (AvgIpc) is 2.53. The summed E-state index contributed by atoms with van der Waals surface area (Å²) in [5.41, 5.74) is 7.21. The molecule has 0 saturated heterocycles. The van der Waals surface area contributed by atoms with Crippen molar-refractivity contribution in [2.45, 2.75) is 0 Å². The Morgan fingerprint density at radius 2 is 2.05 bits per heavy atom. The first-order chi connectivity index (χ1) is 9.63. The summed E-state index contributed by atoms with van der Waals surface area (Å²) in [6, 6.07) is 10.3. The first-order valence-electron chi connectivity index (χ1n) is 5.89. The van der Waals surface area contributed by atoms with Crippen molar-refractivity contribution in [3.8, 4) is 0 Å². The molecule has 6 heteroatoms. The van der Waals surface area contributed by atoms with Crippen molar-refractivity contribution in [3.05, 3.63) is 59.9 Å². The molecule has 2 rings (SSSR count). The van der Waals surface area contributed by atoms with Crippen LogP contribution in [0.5, 0.6) is 0 Å². The second-order valence-electron chi connectivity index (χ2n) is 4.14. The van der Waals surface area contributed by atoms with Crippen molar-refractivity contribution in [3.63, 3.8) is 0 Å². The van der Waals surface area contributed by atoms with Gasteiger partial charge in [0.25, 0.3) is 5.91 Å². The number of nitrogens with two attached hydrogens (primary N) is 1. The van der Waals surface area contributed by atoms with Crippen LogP contribution in [0.1, 0.15) is 15.9 Å². The number of benzene rings is 1. The predicted octanol–water partition coefficient (Wildman–Crippen LogP) is 1.45. The summed E-state index contributed by atoms with van der Waals surface area (Å²) in [7, 11) is 1.65. The van der Waals surface area contributed by atoms with Crippen LogP contribution in [-0.2, 0) is 0 Å². The number of aromatic nitrogens is 1. The van der Waals surface area contributed by atoms with Crippen molar-refractivity contribution >= 4 is 17.4 Å². The minimum atomic E-state index is -0.185. The molecule has 6 nitrogen and oxygen atoms in total. The Morgan fingerprint density at radius 3 is 2.70 bits per heavy atom.